The van der Waals surface area contributed by atoms with Crippen LogP contribution in [0.2, 0.25) is 0 Å². The second kappa shape index (κ2) is 7.35. The van der Waals surface area contributed by atoms with Crippen LogP contribution in [-0.4, -0.2) is 19.4 Å². The zero-order valence-corrected chi connectivity index (χ0v) is 14.3. The molecule has 0 aliphatic heterocycles. The van der Waals surface area contributed by atoms with Crippen molar-refractivity contribution in [2.45, 2.75) is 44.6 Å². The fourth-order valence-electron chi connectivity index (χ4n) is 2.13. The number of rotatable bonds is 7. The lowest BCUT2D eigenvalue weighted by Gasteiger charge is -2.22. The van der Waals surface area contributed by atoms with Crippen LogP contribution in [0.3, 0.4) is 0 Å². The maximum absolute atomic E-state index is 12.4. The lowest BCUT2D eigenvalue weighted by atomic mass is 9.96. The van der Waals surface area contributed by atoms with E-state index < -0.39 is 10.0 Å². The van der Waals surface area contributed by atoms with E-state index in [0.29, 0.717) is 10.4 Å². The number of nitrogens with two attached hydrogens (primary N) is 1. The highest BCUT2D eigenvalue weighted by atomic mass is 79.9. The first kappa shape index (κ1) is 17.4. The first-order valence-corrected chi connectivity index (χ1v) is 8.77. The molecule has 0 bridgehead atoms. The molecule has 20 heavy (non-hydrogen) atoms. The van der Waals surface area contributed by atoms with Crippen LogP contribution < -0.4 is 16.0 Å². The minimum atomic E-state index is -3.67. The number of hydrogen-bond acceptors (Lipinski definition) is 5. The molecule has 1 aromatic heterocycles. The van der Waals surface area contributed by atoms with E-state index in [1.54, 1.807) is 0 Å². The molecule has 0 aliphatic rings. The smallest absolute Gasteiger partial charge is 0.244 e. The van der Waals surface area contributed by atoms with Gasteiger partial charge in [0.2, 0.25) is 10.0 Å². The summed E-state index contributed by atoms with van der Waals surface area (Å²) in [5.41, 5.74) is 2.31. The summed E-state index contributed by atoms with van der Waals surface area (Å²) in [6.45, 7) is 5.97. The largest absolute Gasteiger partial charge is 0.307 e. The number of halogens is 1. The van der Waals surface area contributed by atoms with Gasteiger partial charge in [-0.3, -0.25) is 0 Å². The molecule has 8 heteroatoms. The number of anilines is 1. The molecule has 0 amide bonds. The van der Waals surface area contributed by atoms with Gasteiger partial charge in [0, 0.05) is 16.7 Å². The van der Waals surface area contributed by atoms with Gasteiger partial charge in [-0.05, 0) is 34.8 Å². The second-order valence-electron chi connectivity index (χ2n) is 4.63. The molecular weight excluding hydrogens is 344 g/mol. The summed E-state index contributed by atoms with van der Waals surface area (Å²) >= 11 is 3.22. The Morgan fingerprint density at radius 1 is 1.40 bits per heavy atom. The topological polar surface area (TPSA) is 97.1 Å². The number of nitrogens with one attached hydrogen (secondary N) is 2. The Bertz CT molecular complexity index is 546. The molecule has 1 rings (SSSR count). The van der Waals surface area contributed by atoms with E-state index >= 15 is 0 Å². The summed E-state index contributed by atoms with van der Waals surface area (Å²) in [6, 6.07) is 1.32. The third kappa shape index (κ3) is 4.15. The fraction of sp³-hybridized carbons (Fsp3) is 0.583. The SMILES string of the molecule is CCC(CC)C(C)NS(=O)(=O)c1cc(Br)cnc1NN. The Kier molecular flexibility index (Phi) is 6.38. The van der Waals surface area contributed by atoms with Gasteiger partial charge < -0.3 is 5.43 Å². The van der Waals surface area contributed by atoms with Crippen molar-refractivity contribution in [3.63, 3.8) is 0 Å². The molecule has 1 unspecified atom stereocenters. The molecule has 6 nitrogen and oxygen atoms in total. The monoisotopic (exact) mass is 364 g/mol. The van der Waals surface area contributed by atoms with Crippen LogP contribution in [0.1, 0.15) is 33.6 Å². The number of hydrogen-bond donors (Lipinski definition) is 3. The molecule has 0 radical (unpaired) electrons. The first-order valence-electron chi connectivity index (χ1n) is 6.50. The minimum absolute atomic E-state index is 0.0344. The van der Waals surface area contributed by atoms with Gasteiger partial charge in [-0.1, -0.05) is 26.7 Å². The number of aromatic nitrogens is 1. The molecule has 1 atom stereocenters. The standard InChI is InChI=1S/C12H21BrN4O2S/c1-4-9(5-2)8(3)17-20(18,19)11-6-10(13)7-15-12(11)16-14/h6-9,17H,4-5,14H2,1-3H3,(H,15,16). The average molecular weight is 365 g/mol. The van der Waals surface area contributed by atoms with Crippen LogP contribution >= 0.6 is 15.9 Å². The maximum atomic E-state index is 12.4. The van der Waals surface area contributed by atoms with Crippen LogP contribution in [0, 0.1) is 5.92 Å². The summed E-state index contributed by atoms with van der Waals surface area (Å²) < 4.78 is 28.2. The number of pyridine rings is 1. The van der Waals surface area contributed by atoms with Gasteiger partial charge in [0.15, 0.2) is 5.82 Å². The van der Waals surface area contributed by atoms with Gasteiger partial charge >= 0.3 is 0 Å². The minimum Gasteiger partial charge on any atom is -0.307 e. The lowest BCUT2D eigenvalue weighted by Crippen LogP contribution is -2.38. The molecule has 0 fully saturated rings. The van der Waals surface area contributed by atoms with E-state index in [-0.39, 0.29) is 16.8 Å². The first-order chi connectivity index (χ1) is 9.35. The zero-order valence-electron chi connectivity index (χ0n) is 11.9. The highest BCUT2D eigenvalue weighted by Gasteiger charge is 2.25. The van der Waals surface area contributed by atoms with Crippen LogP contribution in [0.15, 0.2) is 21.6 Å². The lowest BCUT2D eigenvalue weighted by molar-refractivity contribution is 0.391. The molecule has 1 heterocycles. The van der Waals surface area contributed by atoms with Crippen molar-refractivity contribution in [2.75, 3.05) is 5.43 Å². The molecule has 1 aromatic rings. The van der Waals surface area contributed by atoms with E-state index in [2.05, 4.69) is 31.1 Å². The summed E-state index contributed by atoms with van der Waals surface area (Å²) in [6.07, 6.45) is 3.32. The molecular formula is C12H21BrN4O2S. The molecule has 0 aromatic carbocycles. The van der Waals surface area contributed by atoms with Crippen molar-refractivity contribution in [3.05, 3.63) is 16.7 Å². The average Bonchev–Trinajstić information content (AvgIpc) is 2.39. The van der Waals surface area contributed by atoms with Crippen LogP contribution in [-0.2, 0) is 10.0 Å². The van der Waals surface area contributed by atoms with Crippen LogP contribution in [0.25, 0.3) is 0 Å². The molecule has 114 valence electrons. The number of sulfonamides is 1. The predicted molar refractivity (Wildman–Crippen MR) is 83.6 cm³/mol. The van der Waals surface area contributed by atoms with Crippen molar-refractivity contribution in [3.8, 4) is 0 Å². The fourth-order valence-corrected chi connectivity index (χ4v) is 4.07. The van der Waals surface area contributed by atoms with Gasteiger partial charge in [0.1, 0.15) is 4.90 Å². The van der Waals surface area contributed by atoms with E-state index in [1.165, 1.54) is 12.3 Å². The zero-order chi connectivity index (χ0) is 15.3. The third-order valence-electron chi connectivity index (χ3n) is 3.34. The molecule has 0 saturated carbocycles. The Morgan fingerprint density at radius 3 is 2.50 bits per heavy atom. The quantitative estimate of drug-likeness (QED) is 0.509. The highest BCUT2D eigenvalue weighted by molar-refractivity contribution is 9.10. The molecule has 4 N–H and O–H groups in total. The Balaban J connectivity index is 3.08. The van der Waals surface area contributed by atoms with Crippen LogP contribution in [0.4, 0.5) is 5.82 Å². The second-order valence-corrected chi connectivity index (χ2v) is 7.23. The Morgan fingerprint density at radius 2 is 2.00 bits per heavy atom. The van der Waals surface area contributed by atoms with Crippen molar-refractivity contribution >= 4 is 31.8 Å². The summed E-state index contributed by atoms with van der Waals surface area (Å²) in [5.74, 6) is 5.73. The third-order valence-corrected chi connectivity index (χ3v) is 5.35. The summed E-state index contributed by atoms with van der Waals surface area (Å²) in [7, 11) is -3.67. The molecule has 0 saturated heterocycles. The van der Waals surface area contributed by atoms with E-state index in [9.17, 15) is 8.42 Å². The number of nitrogen functional groups attached to an aromatic ring is 1. The highest BCUT2D eigenvalue weighted by Crippen LogP contribution is 2.23. The number of nitrogens with zero attached hydrogens (tertiary/aromatic N) is 1. The Labute approximate surface area is 128 Å². The number of hydrazine groups is 1. The van der Waals surface area contributed by atoms with Gasteiger partial charge in [-0.25, -0.2) is 24.0 Å². The summed E-state index contributed by atoms with van der Waals surface area (Å²) in [4.78, 5) is 3.99. The Hall–Kier alpha value is -0.700. The molecule has 0 spiro atoms. The van der Waals surface area contributed by atoms with Crippen LogP contribution in [0.5, 0.6) is 0 Å². The van der Waals surface area contributed by atoms with E-state index in [1.807, 2.05) is 20.8 Å². The van der Waals surface area contributed by atoms with Gasteiger partial charge in [0.05, 0.1) is 0 Å². The van der Waals surface area contributed by atoms with Crippen molar-refractivity contribution in [2.24, 2.45) is 11.8 Å². The van der Waals surface area contributed by atoms with Crippen molar-refractivity contribution < 1.29 is 8.42 Å². The van der Waals surface area contributed by atoms with Crippen molar-refractivity contribution in [1.29, 1.82) is 0 Å². The van der Waals surface area contributed by atoms with E-state index in [4.69, 9.17) is 5.84 Å². The van der Waals surface area contributed by atoms with Crippen molar-refractivity contribution in [1.82, 2.24) is 9.71 Å². The van der Waals surface area contributed by atoms with E-state index in [0.717, 1.165) is 12.8 Å². The molecule has 0 aliphatic carbocycles. The predicted octanol–water partition coefficient (Wildman–Crippen LogP) is 2.23. The van der Waals surface area contributed by atoms with Gasteiger partial charge in [0.25, 0.3) is 0 Å². The maximum Gasteiger partial charge on any atom is 0.244 e. The van der Waals surface area contributed by atoms with Gasteiger partial charge in [-0.15, -0.1) is 0 Å². The summed E-state index contributed by atoms with van der Waals surface area (Å²) in [5, 5.41) is 0. The van der Waals surface area contributed by atoms with Gasteiger partial charge in [-0.2, -0.15) is 0 Å². The normalized spacial score (nSPS) is 13.5.